The second-order valence-corrected chi connectivity index (χ2v) is 6.44. The highest BCUT2D eigenvalue weighted by atomic mass is 79.9. The molecule has 2 aromatic rings. The lowest BCUT2D eigenvalue weighted by Gasteiger charge is -2.12. The normalized spacial score (nSPS) is 12.3. The number of aryl methyl sites for hydroxylation is 1. The van der Waals surface area contributed by atoms with E-state index in [1.54, 1.807) is 11.3 Å². The first-order valence-corrected chi connectivity index (χ1v) is 7.82. The van der Waals surface area contributed by atoms with Crippen LogP contribution in [0.1, 0.15) is 16.9 Å². The van der Waals surface area contributed by atoms with Crippen LogP contribution in [0.4, 0.5) is 0 Å². The Morgan fingerprint density at radius 2 is 2.16 bits per heavy atom. The van der Waals surface area contributed by atoms with E-state index in [0.717, 1.165) is 16.5 Å². The molecule has 1 aromatic heterocycles. The van der Waals surface area contributed by atoms with Gasteiger partial charge in [-0.2, -0.15) is 0 Å². The van der Waals surface area contributed by atoms with Gasteiger partial charge in [0.25, 0.3) is 0 Å². The molecule has 1 atom stereocenters. The molecule has 0 aliphatic rings. The Balaban J connectivity index is 1.98. The van der Waals surface area contributed by atoms with E-state index < -0.39 is 5.97 Å². The lowest BCUT2D eigenvalue weighted by molar-refractivity contribution is -0.141. The Bertz CT molecular complexity index is 537. The smallest absolute Gasteiger partial charge is 0.306 e. The first kappa shape index (κ1) is 14.3. The van der Waals surface area contributed by atoms with Gasteiger partial charge in [-0.3, -0.25) is 4.79 Å². The number of rotatable bonds is 6. The van der Waals surface area contributed by atoms with Crippen molar-refractivity contribution in [1.82, 2.24) is 0 Å². The number of thiophene rings is 1. The quantitative estimate of drug-likeness (QED) is 0.848. The van der Waals surface area contributed by atoms with E-state index in [2.05, 4.69) is 22.0 Å². The molecule has 1 aromatic carbocycles. The van der Waals surface area contributed by atoms with Gasteiger partial charge in [0.2, 0.25) is 0 Å². The van der Waals surface area contributed by atoms with Crippen LogP contribution in [-0.4, -0.2) is 11.1 Å². The van der Waals surface area contributed by atoms with Gasteiger partial charge in [-0.05, 0) is 48.4 Å². The molecule has 0 saturated carbocycles. The average Bonchev–Trinajstić information content (AvgIpc) is 2.87. The highest BCUT2D eigenvalue weighted by Crippen LogP contribution is 2.20. The molecule has 0 fully saturated rings. The lowest BCUT2D eigenvalue weighted by Crippen LogP contribution is -2.17. The number of hydrogen-bond donors (Lipinski definition) is 1. The van der Waals surface area contributed by atoms with Crippen molar-refractivity contribution >= 4 is 33.2 Å². The van der Waals surface area contributed by atoms with Crippen LogP contribution in [0.5, 0.6) is 0 Å². The first-order chi connectivity index (χ1) is 9.15. The van der Waals surface area contributed by atoms with Crippen molar-refractivity contribution in [2.75, 3.05) is 0 Å². The Morgan fingerprint density at radius 1 is 1.32 bits per heavy atom. The van der Waals surface area contributed by atoms with Gasteiger partial charge < -0.3 is 5.11 Å². The molecule has 0 bridgehead atoms. The Kier molecular flexibility index (Phi) is 5.16. The Hall–Kier alpha value is -1.13. The highest BCUT2D eigenvalue weighted by Gasteiger charge is 2.18. The van der Waals surface area contributed by atoms with Crippen LogP contribution in [0, 0.1) is 5.92 Å². The molecule has 1 unspecified atom stereocenters. The van der Waals surface area contributed by atoms with Gasteiger partial charge >= 0.3 is 5.97 Å². The largest absolute Gasteiger partial charge is 0.481 e. The van der Waals surface area contributed by atoms with Gasteiger partial charge in [-0.15, -0.1) is 11.3 Å². The Labute approximate surface area is 125 Å². The minimum absolute atomic E-state index is 0.323. The summed E-state index contributed by atoms with van der Waals surface area (Å²) in [6.45, 7) is 0. The zero-order chi connectivity index (χ0) is 13.7. The van der Waals surface area contributed by atoms with Crippen molar-refractivity contribution in [3.63, 3.8) is 0 Å². The molecule has 2 rings (SSSR count). The lowest BCUT2D eigenvalue weighted by atomic mass is 9.94. The van der Waals surface area contributed by atoms with Gasteiger partial charge in [0.1, 0.15) is 0 Å². The molecule has 0 amide bonds. The van der Waals surface area contributed by atoms with Crippen molar-refractivity contribution in [1.29, 1.82) is 0 Å². The second-order valence-electron chi connectivity index (χ2n) is 4.49. The van der Waals surface area contributed by atoms with Crippen molar-refractivity contribution in [3.8, 4) is 0 Å². The van der Waals surface area contributed by atoms with Crippen molar-refractivity contribution in [2.45, 2.75) is 19.3 Å². The van der Waals surface area contributed by atoms with Crippen LogP contribution < -0.4 is 0 Å². The third-order valence-electron chi connectivity index (χ3n) is 3.04. The van der Waals surface area contributed by atoms with Gasteiger partial charge in [0, 0.05) is 9.35 Å². The molecular weight excluding hydrogens is 324 g/mol. The fourth-order valence-electron chi connectivity index (χ4n) is 2.03. The van der Waals surface area contributed by atoms with Crippen LogP contribution >= 0.6 is 27.3 Å². The van der Waals surface area contributed by atoms with Gasteiger partial charge in [-0.1, -0.05) is 34.1 Å². The summed E-state index contributed by atoms with van der Waals surface area (Å²) in [5, 5.41) is 11.4. The number of carboxylic acid groups (broad SMARTS) is 1. The highest BCUT2D eigenvalue weighted by molar-refractivity contribution is 9.10. The van der Waals surface area contributed by atoms with Crippen molar-refractivity contribution in [3.05, 3.63) is 56.7 Å². The summed E-state index contributed by atoms with van der Waals surface area (Å²) in [6, 6.07) is 11.9. The third-order valence-corrected chi connectivity index (χ3v) is 4.47. The number of halogens is 1. The van der Waals surface area contributed by atoms with E-state index in [4.69, 9.17) is 0 Å². The molecule has 19 heavy (non-hydrogen) atoms. The Morgan fingerprint density at radius 3 is 2.79 bits per heavy atom. The number of carbonyl (C=O) groups is 1. The van der Waals surface area contributed by atoms with Crippen LogP contribution in [-0.2, 0) is 17.6 Å². The third kappa shape index (κ3) is 4.48. The van der Waals surface area contributed by atoms with Gasteiger partial charge in [-0.25, -0.2) is 0 Å². The summed E-state index contributed by atoms with van der Waals surface area (Å²) >= 11 is 5.10. The van der Waals surface area contributed by atoms with Crippen molar-refractivity contribution in [2.24, 2.45) is 5.92 Å². The van der Waals surface area contributed by atoms with E-state index in [-0.39, 0.29) is 5.92 Å². The van der Waals surface area contributed by atoms with E-state index in [1.807, 2.05) is 35.7 Å². The van der Waals surface area contributed by atoms with Crippen LogP contribution in [0.2, 0.25) is 0 Å². The zero-order valence-electron chi connectivity index (χ0n) is 10.4. The number of benzene rings is 1. The predicted octanol–water partition coefficient (Wildman–Crippen LogP) is 4.39. The summed E-state index contributed by atoms with van der Waals surface area (Å²) in [5.41, 5.74) is 1.06. The number of aliphatic carboxylic acids is 1. The van der Waals surface area contributed by atoms with Crippen molar-refractivity contribution < 1.29 is 9.90 Å². The van der Waals surface area contributed by atoms with Gasteiger partial charge in [0.15, 0.2) is 0 Å². The standard InChI is InChI=1S/C15H15BrO2S/c16-13-4-1-3-11(10-13)9-12(15(17)18)6-7-14-5-2-8-19-14/h1-5,8,10,12H,6-7,9H2,(H,17,18). The fraction of sp³-hybridized carbons (Fsp3) is 0.267. The molecule has 100 valence electrons. The molecule has 4 heteroatoms. The summed E-state index contributed by atoms with van der Waals surface area (Å²) in [4.78, 5) is 12.6. The first-order valence-electron chi connectivity index (χ1n) is 6.15. The van der Waals surface area contributed by atoms with E-state index in [1.165, 1.54) is 4.88 Å². The molecule has 0 aliphatic carbocycles. The predicted molar refractivity (Wildman–Crippen MR) is 81.6 cm³/mol. The maximum absolute atomic E-state index is 11.3. The van der Waals surface area contributed by atoms with Gasteiger partial charge in [0.05, 0.1) is 5.92 Å². The molecular formula is C15H15BrO2S. The molecule has 0 aliphatic heterocycles. The molecule has 1 heterocycles. The van der Waals surface area contributed by atoms with Crippen LogP contribution in [0.15, 0.2) is 46.3 Å². The van der Waals surface area contributed by atoms with E-state index in [9.17, 15) is 9.90 Å². The minimum atomic E-state index is -0.712. The average molecular weight is 339 g/mol. The maximum atomic E-state index is 11.3. The number of carboxylic acids is 1. The van der Waals surface area contributed by atoms with Crippen LogP contribution in [0.25, 0.3) is 0 Å². The topological polar surface area (TPSA) is 37.3 Å². The molecule has 2 nitrogen and oxygen atoms in total. The molecule has 0 spiro atoms. The van der Waals surface area contributed by atoms with Crippen LogP contribution in [0.3, 0.4) is 0 Å². The minimum Gasteiger partial charge on any atom is -0.481 e. The van der Waals surface area contributed by atoms with E-state index >= 15 is 0 Å². The zero-order valence-corrected chi connectivity index (χ0v) is 12.8. The molecule has 1 N–H and O–H groups in total. The maximum Gasteiger partial charge on any atom is 0.306 e. The summed E-state index contributed by atoms with van der Waals surface area (Å²) in [5.74, 6) is -1.03. The molecule has 0 radical (unpaired) electrons. The second kappa shape index (κ2) is 6.87. The number of hydrogen-bond acceptors (Lipinski definition) is 2. The summed E-state index contributed by atoms with van der Waals surface area (Å²) < 4.78 is 0.993. The SMILES string of the molecule is O=C(O)C(CCc1cccs1)Cc1cccc(Br)c1. The summed E-state index contributed by atoms with van der Waals surface area (Å²) in [6.07, 6.45) is 2.10. The van der Waals surface area contributed by atoms with E-state index in [0.29, 0.717) is 12.8 Å². The molecule has 0 saturated heterocycles. The summed E-state index contributed by atoms with van der Waals surface area (Å²) in [7, 11) is 0. The fourth-order valence-corrected chi connectivity index (χ4v) is 3.20. The monoisotopic (exact) mass is 338 g/mol.